The van der Waals surface area contributed by atoms with Crippen molar-refractivity contribution in [1.82, 2.24) is 0 Å². The Bertz CT molecular complexity index is 281. The van der Waals surface area contributed by atoms with E-state index in [0.717, 1.165) is 0 Å². The van der Waals surface area contributed by atoms with Crippen LogP contribution in [0.3, 0.4) is 0 Å². The summed E-state index contributed by atoms with van der Waals surface area (Å²) in [7, 11) is -1.63. The second-order valence-electron chi connectivity index (χ2n) is 3.23. The van der Waals surface area contributed by atoms with Crippen molar-refractivity contribution in [3.63, 3.8) is 0 Å². The zero-order valence-electron chi connectivity index (χ0n) is 11.9. The van der Waals surface area contributed by atoms with Crippen LogP contribution in [0.5, 0.6) is 0 Å². The van der Waals surface area contributed by atoms with Crippen molar-refractivity contribution < 1.29 is 25.6 Å². The van der Waals surface area contributed by atoms with Crippen LogP contribution in [-0.4, -0.2) is 42.7 Å². The largest absolute Gasteiger partial charge is 0.500 e. The Labute approximate surface area is 101 Å². The number of carbonyl (C=O) groups excluding carboxylic acids is 1. The molecule has 0 aliphatic heterocycles. The fraction of sp³-hybridized carbons (Fsp3) is 0.700. The van der Waals surface area contributed by atoms with Crippen LogP contribution in [0, 0.1) is 0 Å². The average molecular weight is 250 g/mol. The first-order valence-corrected chi connectivity index (χ1v) is 6.75. The normalized spacial score (nSPS) is 13.2. The van der Waals surface area contributed by atoms with E-state index in [4.69, 9.17) is 20.8 Å². The van der Waals surface area contributed by atoms with Gasteiger partial charge >= 0.3 is 14.8 Å². The zero-order chi connectivity index (χ0) is 14.2. The van der Waals surface area contributed by atoms with Gasteiger partial charge in [-0.25, -0.2) is 4.79 Å². The summed E-state index contributed by atoms with van der Waals surface area (Å²) < 4.78 is 34.4. The Morgan fingerprint density at radius 1 is 1.38 bits per heavy atom. The van der Waals surface area contributed by atoms with Gasteiger partial charge < -0.3 is 18.0 Å². The lowest BCUT2D eigenvalue weighted by atomic mass is 10.4. The van der Waals surface area contributed by atoms with Crippen LogP contribution < -0.4 is 0 Å². The van der Waals surface area contributed by atoms with Crippen LogP contribution in [0.15, 0.2) is 12.2 Å². The molecule has 94 valence electrons. The van der Waals surface area contributed by atoms with Crippen molar-refractivity contribution >= 4 is 14.8 Å². The van der Waals surface area contributed by atoms with Gasteiger partial charge in [0.15, 0.2) is 0 Å². The van der Waals surface area contributed by atoms with E-state index in [1.54, 1.807) is 6.92 Å². The topological polar surface area (TPSA) is 54.0 Å². The van der Waals surface area contributed by atoms with E-state index in [1.807, 2.05) is 0 Å². The highest BCUT2D eigenvalue weighted by Gasteiger charge is 2.36. The van der Waals surface area contributed by atoms with Gasteiger partial charge in [0.1, 0.15) is 0 Å². The second-order valence-corrected chi connectivity index (χ2v) is 6.15. The molecule has 0 aromatic heterocycles. The molecule has 0 aromatic carbocycles. The van der Waals surface area contributed by atoms with Crippen LogP contribution in [0.1, 0.15) is 16.1 Å². The molecule has 0 aliphatic rings. The monoisotopic (exact) mass is 250 g/mol. The fourth-order valence-corrected chi connectivity index (χ4v) is 2.48. The lowest BCUT2D eigenvalue weighted by Gasteiger charge is -2.24. The summed E-state index contributed by atoms with van der Waals surface area (Å²) in [6.45, 7) is 5.23. The Kier molecular flexibility index (Phi) is 5.57. The molecule has 16 heavy (non-hydrogen) atoms. The highest BCUT2D eigenvalue weighted by atomic mass is 28.4. The Morgan fingerprint density at radius 2 is 2.00 bits per heavy atom. The highest BCUT2D eigenvalue weighted by molar-refractivity contribution is 6.60. The van der Waals surface area contributed by atoms with Crippen molar-refractivity contribution in [2.45, 2.75) is 19.4 Å². The Balaban J connectivity index is 4.12. The molecule has 0 rings (SSSR count). The first-order chi connectivity index (χ1) is 8.37. The molecule has 0 heterocycles. The molecule has 0 amide bonds. The van der Waals surface area contributed by atoms with Gasteiger partial charge in [-0.05, 0) is 13.3 Å². The molecule has 0 unspecified atom stereocenters. The maximum atomic E-state index is 11.1. The predicted octanol–water partition coefficient (Wildman–Crippen LogP) is 1.37. The van der Waals surface area contributed by atoms with Crippen molar-refractivity contribution in [2.24, 2.45) is 0 Å². The Hall–Kier alpha value is -0.693. The zero-order valence-corrected chi connectivity index (χ0v) is 10.9. The molecule has 5 nitrogen and oxygen atoms in total. The molecule has 0 radical (unpaired) electrons. The highest BCUT2D eigenvalue weighted by Crippen LogP contribution is 2.14. The third-order valence-electron chi connectivity index (χ3n) is 2.01. The molecule has 0 saturated carbocycles. The minimum atomic E-state index is -2.99. The molecule has 0 N–H and O–H groups in total. The minimum Gasteiger partial charge on any atom is -0.462 e. The lowest BCUT2D eigenvalue weighted by molar-refractivity contribution is -0.139. The van der Waals surface area contributed by atoms with E-state index in [0.29, 0.717) is 18.0 Å². The molecule has 6 heteroatoms. The molecule has 0 fully saturated rings. The molecule has 0 aliphatic carbocycles. The summed E-state index contributed by atoms with van der Waals surface area (Å²) in [4.78, 5) is 11.1. The van der Waals surface area contributed by atoms with E-state index in [2.05, 4.69) is 6.58 Å². The van der Waals surface area contributed by atoms with E-state index in [1.165, 1.54) is 14.2 Å². The van der Waals surface area contributed by atoms with E-state index < -0.39 is 21.8 Å². The molecule has 0 bridgehead atoms. The molecule has 0 saturated heterocycles. The van der Waals surface area contributed by atoms with E-state index >= 15 is 0 Å². The van der Waals surface area contributed by atoms with Crippen molar-refractivity contribution in [2.75, 3.05) is 27.9 Å². The maximum Gasteiger partial charge on any atom is 0.500 e. The molecular weight excluding hydrogens is 228 g/mol. The number of ether oxygens (including phenoxy) is 1. The lowest BCUT2D eigenvalue weighted by Crippen LogP contribution is -2.42. The summed E-state index contributed by atoms with van der Waals surface area (Å²) in [5, 5.41) is 0. The van der Waals surface area contributed by atoms with Gasteiger partial charge in [0.05, 0.1) is 9.35 Å². The number of hydrogen-bond acceptors (Lipinski definition) is 5. The molecule has 0 atom stereocenters. The van der Waals surface area contributed by atoms with Gasteiger partial charge in [0.2, 0.25) is 0 Å². The van der Waals surface area contributed by atoms with Crippen molar-refractivity contribution in [3.8, 4) is 0 Å². The number of rotatable bonds is 8. The average Bonchev–Trinajstić information content (AvgIpc) is 2.32. The van der Waals surface area contributed by atoms with Gasteiger partial charge in [-0.3, -0.25) is 0 Å². The van der Waals surface area contributed by atoms with Crippen LogP contribution >= 0.6 is 0 Å². The Morgan fingerprint density at radius 3 is 2.44 bits per heavy atom. The van der Waals surface area contributed by atoms with Crippen LogP contribution in [0.25, 0.3) is 0 Å². The SMILES string of the molecule is [2H]C([2H])O[Si](CCCOC(=O)C(=C)C)(OC)OC. The smallest absolute Gasteiger partial charge is 0.462 e. The fourth-order valence-electron chi connectivity index (χ4n) is 1.02. The first-order valence-electron chi connectivity index (χ1n) is 5.97. The van der Waals surface area contributed by atoms with Gasteiger partial charge in [0, 0.05) is 32.9 Å². The minimum absolute atomic E-state index is 0.192. The quantitative estimate of drug-likeness (QED) is 0.282. The third-order valence-corrected chi connectivity index (χ3v) is 4.58. The van der Waals surface area contributed by atoms with Gasteiger partial charge in [0.25, 0.3) is 0 Å². The van der Waals surface area contributed by atoms with Crippen molar-refractivity contribution in [1.29, 1.82) is 0 Å². The van der Waals surface area contributed by atoms with E-state index in [-0.39, 0.29) is 6.61 Å². The summed E-state index contributed by atoms with van der Waals surface area (Å²) in [6.07, 6.45) is 0.472. The number of carbonyl (C=O) groups is 1. The summed E-state index contributed by atoms with van der Waals surface area (Å²) >= 11 is 0. The summed E-state index contributed by atoms with van der Waals surface area (Å²) in [6, 6.07) is 0.373. The van der Waals surface area contributed by atoms with Gasteiger partial charge in [-0.1, -0.05) is 6.58 Å². The van der Waals surface area contributed by atoms with Crippen LogP contribution in [0.4, 0.5) is 0 Å². The van der Waals surface area contributed by atoms with Gasteiger partial charge in [-0.15, -0.1) is 0 Å². The second kappa shape index (κ2) is 7.56. The maximum absolute atomic E-state index is 11.1. The van der Waals surface area contributed by atoms with Crippen LogP contribution in [0.2, 0.25) is 6.04 Å². The van der Waals surface area contributed by atoms with Crippen molar-refractivity contribution in [3.05, 3.63) is 12.2 Å². The molecular formula is C10H20O5Si. The predicted molar refractivity (Wildman–Crippen MR) is 62.0 cm³/mol. The number of hydrogen-bond donors (Lipinski definition) is 0. The summed E-state index contributed by atoms with van der Waals surface area (Å²) in [5.41, 5.74) is 0.339. The third kappa shape index (κ3) is 4.89. The summed E-state index contributed by atoms with van der Waals surface area (Å²) in [5.74, 6) is -0.447. The van der Waals surface area contributed by atoms with Crippen LogP contribution in [-0.2, 0) is 22.8 Å². The standard InChI is InChI=1S/C10H20O5Si/c1-9(2)10(11)15-7-6-8-16(12-3,13-4)14-5/h1,6-8H2,2-5H3/i3D2. The van der Waals surface area contributed by atoms with Gasteiger partial charge in [-0.2, -0.15) is 0 Å². The molecule has 0 aromatic rings. The first kappa shape index (κ1) is 11.8. The molecule has 0 spiro atoms. The van der Waals surface area contributed by atoms with E-state index in [9.17, 15) is 4.79 Å². The number of esters is 1.